The van der Waals surface area contributed by atoms with Crippen molar-refractivity contribution in [1.29, 1.82) is 0 Å². The maximum atomic E-state index is 14.5. The number of carbonyl (C=O) groups excluding carboxylic acids is 1. The fourth-order valence-corrected chi connectivity index (χ4v) is 6.79. The average Bonchev–Trinajstić information content (AvgIpc) is 3.21. The van der Waals surface area contributed by atoms with Crippen molar-refractivity contribution in [2.75, 3.05) is 5.32 Å². The molecule has 0 aliphatic carbocycles. The van der Waals surface area contributed by atoms with Gasteiger partial charge in [-0.15, -0.1) is 6.58 Å². The van der Waals surface area contributed by atoms with Crippen molar-refractivity contribution in [1.82, 2.24) is 14.5 Å². The summed E-state index contributed by atoms with van der Waals surface area (Å²) in [7, 11) is 0. The maximum absolute atomic E-state index is 14.5. The van der Waals surface area contributed by atoms with Gasteiger partial charge in [0.05, 0.1) is 10.9 Å². The molecule has 8 nitrogen and oxygen atoms in total. The van der Waals surface area contributed by atoms with Gasteiger partial charge in [-0.1, -0.05) is 64.1 Å². The van der Waals surface area contributed by atoms with Gasteiger partial charge in [0, 0.05) is 23.1 Å². The minimum absolute atomic E-state index is 0.0610. The number of anilines is 1. The number of carbonyl (C=O) groups is 1. The fraction of sp³-hybridized carbons (Fsp3) is 0.393. The van der Waals surface area contributed by atoms with Gasteiger partial charge in [-0.2, -0.15) is 0 Å². The second-order valence-corrected chi connectivity index (χ2v) is 11.2. The third kappa shape index (κ3) is 2.34. The second-order valence-electron chi connectivity index (χ2n) is 11.2. The topological polar surface area (TPSA) is 108 Å². The molecular formula is C28H30N4O4. The standard InChI is InChI=1S/C28H30N4O4/c1-6-25(4,5)28-26(35,18-12-8-10-14-20(18)30-28)15-27(36)24-29-19-13-9-7-11-17(19)22(33)31(24)21(16(2)3)23(34)32(27)28/h6-14,16,21,30,35-36H,1,15H2,2-5H3/t21-,26+,27+,28-/m0/s1. The molecule has 0 unspecified atom stereocenters. The fourth-order valence-electron chi connectivity index (χ4n) is 6.79. The Morgan fingerprint density at radius 1 is 1.14 bits per heavy atom. The number of nitrogens with one attached hydrogen (secondary N) is 1. The Bertz CT molecular complexity index is 1530. The summed E-state index contributed by atoms with van der Waals surface area (Å²) >= 11 is 0. The molecule has 0 spiro atoms. The molecule has 8 heteroatoms. The summed E-state index contributed by atoms with van der Waals surface area (Å²) < 4.78 is 1.34. The van der Waals surface area contributed by atoms with Crippen LogP contribution in [-0.4, -0.2) is 36.2 Å². The number of aromatic nitrogens is 2. The van der Waals surface area contributed by atoms with E-state index in [-0.39, 0.29) is 23.7 Å². The molecule has 1 fully saturated rings. The normalized spacial score (nSPS) is 30.6. The van der Waals surface area contributed by atoms with E-state index in [0.717, 1.165) is 0 Å². The van der Waals surface area contributed by atoms with Gasteiger partial charge in [0.25, 0.3) is 11.5 Å². The van der Waals surface area contributed by atoms with Crippen LogP contribution in [-0.2, 0) is 16.1 Å². The summed E-state index contributed by atoms with van der Waals surface area (Å²) in [5.74, 6) is -0.681. The minimum Gasteiger partial charge on any atom is -0.380 e. The molecule has 4 atom stereocenters. The third-order valence-electron chi connectivity index (χ3n) is 8.49. The van der Waals surface area contributed by atoms with E-state index in [2.05, 4.69) is 11.9 Å². The van der Waals surface area contributed by atoms with Crippen LogP contribution in [0.4, 0.5) is 5.69 Å². The third-order valence-corrected chi connectivity index (χ3v) is 8.49. The van der Waals surface area contributed by atoms with Crippen molar-refractivity contribution in [2.45, 2.75) is 57.1 Å². The molecule has 186 valence electrons. The van der Waals surface area contributed by atoms with E-state index in [9.17, 15) is 19.8 Å². The van der Waals surface area contributed by atoms with E-state index in [1.165, 1.54) is 9.47 Å². The molecule has 3 N–H and O–H groups in total. The lowest BCUT2D eigenvalue weighted by Crippen LogP contribution is -2.72. The van der Waals surface area contributed by atoms with Gasteiger partial charge in [0.15, 0.2) is 11.5 Å². The van der Waals surface area contributed by atoms with E-state index in [1.54, 1.807) is 36.4 Å². The number of hydrogen-bond acceptors (Lipinski definition) is 6. The lowest BCUT2D eigenvalue weighted by atomic mass is 9.68. The predicted molar refractivity (Wildman–Crippen MR) is 136 cm³/mol. The molecule has 3 aliphatic rings. The van der Waals surface area contributed by atoms with Crippen molar-refractivity contribution in [3.63, 3.8) is 0 Å². The van der Waals surface area contributed by atoms with E-state index >= 15 is 0 Å². The monoisotopic (exact) mass is 486 g/mol. The van der Waals surface area contributed by atoms with Crippen LogP contribution >= 0.6 is 0 Å². The first-order valence-corrected chi connectivity index (χ1v) is 12.3. The summed E-state index contributed by atoms with van der Waals surface area (Å²) in [6.45, 7) is 11.5. The number of hydrogen-bond donors (Lipinski definition) is 3. The zero-order chi connectivity index (χ0) is 25.8. The van der Waals surface area contributed by atoms with Crippen molar-refractivity contribution >= 4 is 22.5 Å². The van der Waals surface area contributed by atoms with Gasteiger partial charge in [-0.3, -0.25) is 19.1 Å². The van der Waals surface area contributed by atoms with Crippen LogP contribution in [0.2, 0.25) is 0 Å². The first-order valence-electron chi connectivity index (χ1n) is 12.3. The average molecular weight is 487 g/mol. The van der Waals surface area contributed by atoms with Gasteiger partial charge >= 0.3 is 0 Å². The summed E-state index contributed by atoms with van der Waals surface area (Å²) in [6.07, 6.45) is 1.43. The lowest BCUT2D eigenvalue weighted by Gasteiger charge is -2.55. The highest BCUT2D eigenvalue weighted by atomic mass is 16.3. The zero-order valence-corrected chi connectivity index (χ0v) is 20.8. The molecule has 3 aromatic rings. The molecule has 3 aliphatic heterocycles. The lowest BCUT2D eigenvalue weighted by molar-refractivity contribution is -0.192. The Balaban J connectivity index is 1.75. The molecule has 2 aromatic carbocycles. The van der Waals surface area contributed by atoms with Gasteiger partial charge < -0.3 is 15.5 Å². The second kappa shape index (κ2) is 6.83. The van der Waals surface area contributed by atoms with E-state index in [1.807, 2.05) is 45.9 Å². The molecule has 1 aromatic heterocycles. The van der Waals surface area contributed by atoms with Crippen LogP contribution in [0.1, 0.15) is 51.5 Å². The molecule has 0 saturated carbocycles. The SMILES string of the molecule is C=CC(C)(C)[C@@]12Nc3ccccc3[C@]1(O)C[C@@]1(O)c3nc4ccccc4c(=O)n3[C@@H](C(C)C)C(=O)N12. The molecular weight excluding hydrogens is 456 g/mol. The Morgan fingerprint density at radius 2 is 1.81 bits per heavy atom. The quantitative estimate of drug-likeness (QED) is 0.491. The molecule has 0 bridgehead atoms. The number of amides is 1. The number of para-hydroxylation sites is 2. The summed E-state index contributed by atoms with van der Waals surface area (Å²) in [5, 5.41) is 28.9. The highest BCUT2D eigenvalue weighted by molar-refractivity contribution is 5.88. The van der Waals surface area contributed by atoms with Crippen LogP contribution in [0.3, 0.4) is 0 Å². The molecule has 6 rings (SSSR count). The van der Waals surface area contributed by atoms with Gasteiger partial charge in [-0.25, -0.2) is 4.98 Å². The van der Waals surface area contributed by atoms with Gasteiger partial charge in [0.2, 0.25) is 5.72 Å². The molecule has 36 heavy (non-hydrogen) atoms. The number of benzene rings is 2. The predicted octanol–water partition coefficient (Wildman–Crippen LogP) is 3.21. The van der Waals surface area contributed by atoms with Crippen LogP contribution in [0.5, 0.6) is 0 Å². The number of rotatable bonds is 3. The molecule has 1 saturated heterocycles. The first kappa shape index (κ1) is 22.9. The van der Waals surface area contributed by atoms with Gasteiger partial charge in [0.1, 0.15) is 11.6 Å². The van der Waals surface area contributed by atoms with E-state index < -0.39 is 34.4 Å². The minimum atomic E-state index is -2.05. The van der Waals surface area contributed by atoms with Gasteiger partial charge in [-0.05, 0) is 24.1 Å². The van der Waals surface area contributed by atoms with E-state index in [0.29, 0.717) is 22.2 Å². The van der Waals surface area contributed by atoms with Crippen molar-refractivity contribution < 1.29 is 15.0 Å². The largest absolute Gasteiger partial charge is 0.380 e. The summed E-state index contributed by atoms with van der Waals surface area (Å²) in [5.41, 5.74) is -4.86. The zero-order valence-electron chi connectivity index (χ0n) is 20.8. The number of fused-ring (bicyclic) bond motifs is 8. The number of nitrogens with zero attached hydrogens (tertiary/aromatic N) is 3. The summed E-state index contributed by atoms with van der Waals surface area (Å²) in [6, 6.07) is 13.3. The Morgan fingerprint density at radius 3 is 2.50 bits per heavy atom. The van der Waals surface area contributed by atoms with E-state index in [4.69, 9.17) is 4.98 Å². The van der Waals surface area contributed by atoms with Crippen molar-refractivity contribution in [3.05, 3.63) is 82.9 Å². The maximum Gasteiger partial charge on any atom is 0.262 e. The van der Waals surface area contributed by atoms with Crippen LogP contribution < -0.4 is 10.9 Å². The van der Waals surface area contributed by atoms with Crippen molar-refractivity contribution in [3.8, 4) is 0 Å². The highest BCUT2D eigenvalue weighted by Gasteiger charge is 2.80. The summed E-state index contributed by atoms with van der Waals surface area (Å²) in [4.78, 5) is 34.4. The first-order chi connectivity index (χ1) is 16.9. The van der Waals surface area contributed by atoms with Crippen molar-refractivity contribution in [2.24, 2.45) is 11.3 Å². The molecule has 4 heterocycles. The van der Waals surface area contributed by atoms with Crippen LogP contribution in [0, 0.1) is 11.3 Å². The highest BCUT2D eigenvalue weighted by Crippen LogP contribution is 2.67. The molecule has 0 radical (unpaired) electrons. The smallest absolute Gasteiger partial charge is 0.262 e. The molecule has 1 amide bonds. The Hall–Kier alpha value is -3.49. The Kier molecular flexibility index (Phi) is 4.36. The van der Waals surface area contributed by atoms with Crippen LogP contribution in [0.15, 0.2) is 66.0 Å². The Labute approximate surface area is 208 Å². The number of aliphatic hydroxyl groups is 2. The van der Waals surface area contributed by atoms with Crippen LogP contribution in [0.25, 0.3) is 10.9 Å².